The molecule has 4 aromatic rings. The summed E-state index contributed by atoms with van der Waals surface area (Å²) in [5, 5.41) is 21.1. The summed E-state index contributed by atoms with van der Waals surface area (Å²) in [6.45, 7) is 2.29. The molecule has 1 saturated carbocycles. The summed E-state index contributed by atoms with van der Waals surface area (Å²) in [5.41, 5.74) is 3.79. The molecule has 2 unspecified atom stereocenters. The molecule has 30 heavy (non-hydrogen) atoms. The highest BCUT2D eigenvalue weighted by Crippen LogP contribution is 2.35. The molecule has 5 nitrogen and oxygen atoms in total. The van der Waals surface area contributed by atoms with Gasteiger partial charge in [-0.25, -0.2) is 0 Å². The third kappa shape index (κ3) is 3.85. The lowest BCUT2D eigenvalue weighted by atomic mass is 9.80. The summed E-state index contributed by atoms with van der Waals surface area (Å²) >= 11 is 0. The number of fused-ring (bicyclic) bond motifs is 1. The van der Waals surface area contributed by atoms with Crippen LogP contribution in [0.1, 0.15) is 55.7 Å². The van der Waals surface area contributed by atoms with E-state index >= 15 is 0 Å². The minimum absolute atomic E-state index is 0.325. The predicted octanol–water partition coefficient (Wildman–Crippen LogP) is 5.40. The fourth-order valence-corrected chi connectivity index (χ4v) is 4.93. The number of H-pyrrole nitrogens is 1. The Morgan fingerprint density at radius 1 is 1.00 bits per heavy atom. The molecule has 1 aliphatic carbocycles. The van der Waals surface area contributed by atoms with Gasteiger partial charge in [0.15, 0.2) is 0 Å². The van der Waals surface area contributed by atoms with Crippen LogP contribution in [0.3, 0.4) is 0 Å². The van der Waals surface area contributed by atoms with Crippen LogP contribution in [-0.4, -0.2) is 26.7 Å². The smallest absolute Gasteiger partial charge is 0.204 e. The fraction of sp³-hybridized carbons (Fsp3) is 0.320. The Morgan fingerprint density at radius 2 is 1.87 bits per heavy atom. The molecule has 0 spiro atoms. The lowest BCUT2D eigenvalue weighted by Crippen LogP contribution is -2.35. The van der Waals surface area contributed by atoms with E-state index in [2.05, 4.69) is 99.6 Å². The first-order valence-electron chi connectivity index (χ1n) is 10.9. The molecule has 0 amide bonds. The molecule has 1 aromatic heterocycles. The Hall–Kier alpha value is -3.05. The van der Waals surface area contributed by atoms with Crippen molar-refractivity contribution in [2.75, 3.05) is 0 Å². The first kappa shape index (κ1) is 18.9. The van der Waals surface area contributed by atoms with E-state index in [0.29, 0.717) is 23.8 Å². The average Bonchev–Trinajstić information content (AvgIpc) is 3.34. The van der Waals surface area contributed by atoms with Gasteiger partial charge in [-0.15, -0.1) is 10.2 Å². The van der Waals surface area contributed by atoms with Crippen molar-refractivity contribution in [3.8, 4) is 11.4 Å². The summed E-state index contributed by atoms with van der Waals surface area (Å²) in [7, 11) is 0. The molecule has 152 valence electrons. The Labute approximate surface area is 176 Å². The van der Waals surface area contributed by atoms with Gasteiger partial charge in [-0.1, -0.05) is 67.1 Å². The highest BCUT2D eigenvalue weighted by atomic mass is 15.5. The summed E-state index contributed by atoms with van der Waals surface area (Å²) < 4.78 is 0. The number of aromatic nitrogens is 4. The number of nitrogens with zero attached hydrogens (tertiary/aromatic N) is 3. The number of benzene rings is 3. The standard InChI is InChI=1S/C25H27N5/c1-17(23-14-6-8-18-7-2-3-13-24(18)23)26-22-12-5-10-20(16-22)19-9-4-11-21(15-19)25-27-29-30-28-25/h2-4,6-9,11,13-15,17,20,22,26H,5,10,12,16H2,1H3,(H,27,28,29,30)/t17-,20?,22?/m1/s1. The number of nitrogens with one attached hydrogen (secondary N) is 2. The van der Waals surface area contributed by atoms with Crippen molar-refractivity contribution < 1.29 is 0 Å². The van der Waals surface area contributed by atoms with E-state index in [1.54, 1.807) is 0 Å². The zero-order valence-corrected chi connectivity index (χ0v) is 17.3. The van der Waals surface area contributed by atoms with Crippen molar-refractivity contribution >= 4 is 10.8 Å². The molecule has 5 rings (SSSR count). The maximum atomic E-state index is 4.13. The van der Waals surface area contributed by atoms with Gasteiger partial charge in [0.05, 0.1) is 0 Å². The molecule has 1 heterocycles. The van der Waals surface area contributed by atoms with Crippen LogP contribution >= 0.6 is 0 Å². The molecule has 3 atom stereocenters. The van der Waals surface area contributed by atoms with Gasteiger partial charge in [0.2, 0.25) is 5.82 Å². The minimum atomic E-state index is 0.325. The first-order valence-corrected chi connectivity index (χ1v) is 10.9. The summed E-state index contributed by atoms with van der Waals surface area (Å²) in [4.78, 5) is 0. The number of tetrazole rings is 1. The second-order valence-electron chi connectivity index (χ2n) is 8.38. The normalized spacial score (nSPS) is 20.3. The van der Waals surface area contributed by atoms with E-state index in [0.717, 1.165) is 12.0 Å². The zero-order chi connectivity index (χ0) is 20.3. The number of aromatic amines is 1. The Balaban J connectivity index is 1.32. The summed E-state index contributed by atoms with van der Waals surface area (Å²) in [5.74, 6) is 1.22. The SMILES string of the molecule is C[C@@H](NC1CCCC(c2cccc(-c3nn[nH]n3)c2)C1)c1cccc2ccccc12. The summed E-state index contributed by atoms with van der Waals surface area (Å²) in [6.07, 6.45) is 4.87. The van der Waals surface area contributed by atoms with Crippen LogP contribution in [0.5, 0.6) is 0 Å². The predicted molar refractivity (Wildman–Crippen MR) is 120 cm³/mol. The molecule has 0 bridgehead atoms. The third-order valence-corrected chi connectivity index (χ3v) is 6.41. The van der Waals surface area contributed by atoms with E-state index in [9.17, 15) is 0 Å². The van der Waals surface area contributed by atoms with Gasteiger partial charge in [0.1, 0.15) is 0 Å². The fourth-order valence-electron chi connectivity index (χ4n) is 4.93. The van der Waals surface area contributed by atoms with Gasteiger partial charge >= 0.3 is 0 Å². The van der Waals surface area contributed by atoms with Crippen molar-refractivity contribution in [2.24, 2.45) is 0 Å². The second-order valence-corrected chi connectivity index (χ2v) is 8.38. The van der Waals surface area contributed by atoms with Crippen LogP contribution in [0, 0.1) is 0 Å². The minimum Gasteiger partial charge on any atom is -0.307 e. The van der Waals surface area contributed by atoms with Crippen LogP contribution < -0.4 is 5.32 Å². The van der Waals surface area contributed by atoms with E-state index < -0.39 is 0 Å². The van der Waals surface area contributed by atoms with Crippen molar-refractivity contribution in [1.29, 1.82) is 0 Å². The molecule has 2 N–H and O–H groups in total. The third-order valence-electron chi connectivity index (χ3n) is 6.41. The number of hydrogen-bond donors (Lipinski definition) is 2. The first-order chi connectivity index (χ1) is 14.8. The molecular weight excluding hydrogens is 370 g/mol. The van der Waals surface area contributed by atoms with Crippen molar-refractivity contribution in [3.63, 3.8) is 0 Å². The summed E-state index contributed by atoms with van der Waals surface area (Å²) in [6, 6.07) is 24.8. The second kappa shape index (κ2) is 8.36. The molecule has 3 aromatic carbocycles. The van der Waals surface area contributed by atoms with Gasteiger partial charge in [-0.2, -0.15) is 5.21 Å². The number of hydrogen-bond acceptors (Lipinski definition) is 4. The molecule has 0 aliphatic heterocycles. The number of rotatable bonds is 5. The van der Waals surface area contributed by atoms with Gasteiger partial charge in [-0.05, 0) is 65.3 Å². The zero-order valence-electron chi connectivity index (χ0n) is 17.3. The van der Waals surface area contributed by atoms with Crippen LogP contribution in [0.4, 0.5) is 0 Å². The highest BCUT2D eigenvalue weighted by Gasteiger charge is 2.25. The van der Waals surface area contributed by atoms with Crippen molar-refractivity contribution in [2.45, 2.75) is 50.6 Å². The van der Waals surface area contributed by atoms with E-state index in [1.807, 2.05) is 0 Å². The maximum absolute atomic E-state index is 4.13. The van der Waals surface area contributed by atoms with Crippen molar-refractivity contribution in [1.82, 2.24) is 25.9 Å². The lowest BCUT2D eigenvalue weighted by molar-refractivity contribution is 0.319. The Bertz CT molecular complexity index is 1120. The van der Waals surface area contributed by atoms with Gasteiger partial charge < -0.3 is 5.32 Å². The lowest BCUT2D eigenvalue weighted by Gasteiger charge is -2.32. The topological polar surface area (TPSA) is 66.5 Å². The van der Waals surface area contributed by atoms with Crippen LogP contribution in [-0.2, 0) is 0 Å². The van der Waals surface area contributed by atoms with Crippen LogP contribution in [0.2, 0.25) is 0 Å². The molecule has 5 heteroatoms. The van der Waals surface area contributed by atoms with Gasteiger partial charge in [0.25, 0.3) is 0 Å². The molecule has 0 saturated heterocycles. The molecule has 0 radical (unpaired) electrons. The Kier molecular flexibility index (Phi) is 5.28. The van der Waals surface area contributed by atoms with Crippen molar-refractivity contribution in [3.05, 3.63) is 77.9 Å². The average molecular weight is 398 g/mol. The van der Waals surface area contributed by atoms with E-state index in [1.165, 1.54) is 41.2 Å². The monoisotopic (exact) mass is 397 g/mol. The molecule has 1 fully saturated rings. The van der Waals surface area contributed by atoms with Crippen LogP contribution in [0.15, 0.2) is 66.7 Å². The van der Waals surface area contributed by atoms with Gasteiger partial charge in [0, 0.05) is 17.6 Å². The maximum Gasteiger partial charge on any atom is 0.204 e. The largest absolute Gasteiger partial charge is 0.307 e. The van der Waals surface area contributed by atoms with E-state index in [4.69, 9.17) is 0 Å². The van der Waals surface area contributed by atoms with Crippen LogP contribution in [0.25, 0.3) is 22.2 Å². The quantitative estimate of drug-likeness (QED) is 0.473. The Morgan fingerprint density at radius 3 is 2.77 bits per heavy atom. The highest BCUT2D eigenvalue weighted by molar-refractivity contribution is 5.86. The molecule has 1 aliphatic rings. The van der Waals surface area contributed by atoms with Gasteiger partial charge in [-0.3, -0.25) is 0 Å². The molecular formula is C25H27N5. The van der Waals surface area contributed by atoms with E-state index in [-0.39, 0.29) is 0 Å².